The molecule has 0 radical (unpaired) electrons. The van der Waals surface area contributed by atoms with Crippen molar-refractivity contribution in [2.75, 3.05) is 6.54 Å². The zero-order chi connectivity index (χ0) is 23.8. The van der Waals surface area contributed by atoms with E-state index < -0.39 is 17.8 Å². The highest BCUT2D eigenvalue weighted by atomic mass is 16.5. The molecule has 0 bridgehead atoms. The molecule has 1 fully saturated rings. The van der Waals surface area contributed by atoms with E-state index in [9.17, 15) is 9.90 Å². The molecule has 9 nitrogen and oxygen atoms in total. The molecule has 0 spiro atoms. The van der Waals surface area contributed by atoms with E-state index >= 15 is 0 Å². The number of H-pyrrole nitrogens is 1. The summed E-state index contributed by atoms with van der Waals surface area (Å²) >= 11 is 0. The van der Waals surface area contributed by atoms with Crippen molar-refractivity contribution in [2.24, 2.45) is 11.8 Å². The summed E-state index contributed by atoms with van der Waals surface area (Å²) in [7, 11) is 0. The highest BCUT2D eigenvalue weighted by Crippen LogP contribution is 2.31. The van der Waals surface area contributed by atoms with E-state index in [4.69, 9.17) is 4.74 Å². The Hall–Kier alpha value is -3.07. The Morgan fingerprint density at radius 1 is 1.30 bits per heavy atom. The number of ether oxygens (including phenoxy) is 1. The van der Waals surface area contributed by atoms with Crippen molar-refractivity contribution in [3.63, 3.8) is 0 Å². The molecular weight excluding hydrogens is 420 g/mol. The van der Waals surface area contributed by atoms with E-state index in [-0.39, 0.29) is 5.92 Å². The molecule has 3 heterocycles. The summed E-state index contributed by atoms with van der Waals surface area (Å²) in [5.41, 5.74) is 2.02. The van der Waals surface area contributed by atoms with E-state index in [1.54, 1.807) is 6.20 Å². The van der Waals surface area contributed by atoms with Crippen LogP contribution in [-0.4, -0.2) is 49.3 Å². The number of carbonyl (C=O) groups is 1. The predicted octanol–water partition coefficient (Wildman–Crippen LogP) is 3.65. The fourth-order valence-corrected chi connectivity index (χ4v) is 4.39. The number of tetrazole rings is 1. The van der Waals surface area contributed by atoms with Gasteiger partial charge in [0.2, 0.25) is 5.88 Å². The normalized spacial score (nSPS) is 19.0. The number of hydrogen-bond donors (Lipinski definition) is 3. The topological polar surface area (TPSA) is 126 Å². The highest BCUT2D eigenvalue weighted by Gasteiger charge is 2.33. The summed E-state index contributed by atoms with van der Waals surface area (Å²) in [5, 5.41) is 27.6. The predicted molar refractivity (Wildman–Crippen MR) is 125 cm³/mol. The fraction of sp³-hybridized carbons (Fsp3) is 0.542. The number of nitrogens with zero attached hydrogens (tertiary/aromatic N) is 4. The molecule has 2 aromatic heterocycles. The van der Waals surface area contributed by atoms with Gasteiger partial charge in [0.1, 0.15) is 5.76 Å². The Balaban J connectivity index is 1.75. The van der Waals surface area contributed by atoms with Gasteiger partial charge in [-0.3, -0.25) is 4.79 Å². The molecule has 178 valence electrons. The standard InChI is InChI=1S/C24H34N6O3/c1-5-17(20-8-7-11-25-20)21(6-2)33-22-10-9-16(14-26-22)13-18(23-27-29-30-28-23)19(24(31)32)12-15(3)4/h5-6,9-10,14-15,18-20,25H,7-8,11-13H2,1-4H3,(H,31,32)(H,27,28,29,30). The molecule has 1 aliphatic heterocycles. The van der Waals surface area contributed by atoms with Gasteiger partial charge in [-0.05, 0) is 63.6 Å². The Labute approximate surface area is 194 Å². The van der Waals surface area contributed by atoms with Crippen molar-refractivity contribution in [1.29, 1.82) is 0 Å². The molecular formula is C24H34N6O3. The van der Waals surface area contributed by atoms with Crippen LogP contribution in [0.4, 0.5) is 0 Å². The lowest BCUT2D eigenvalue weighted by atomic mass is 9.81. The van der Waals surface area contributed by atoms with Crippen LogP contribution in [0.15, 0.2) is 41.8 Å². The van der Waals surface area contributed by atoms with Crippen LogP contribution in [-0.2, 0) is 11.2 Å². The fourth-order valence-electron chi connectivity index (χ4n) is 4.39. The third-order valence-corrected chi connectivity index (χ3v) is 5.98. The van der Waals surface area contributed by atoms with Gasteiger partial charge in [-0.1, -0.05) is 31.2 Å². The lowest BCUT2D eigenvalue weighted by molar-refractivity contribution is -0.143. The van der Waals surface area contributed by atoms with E-state index in [2.05, 4.69) is 37.0 Å². The maximum absolute atomic E-state index is 12.0. The SMILES string of the molecule is CC=C(Oc1ccc(CC(c2nn[nH]n2)C(CC(C)C)C(=O)O)cn1)C(=CC)C1CCCN1. The molecule has 3 unspecified atom stereocenters. The smallest absolute Gasteiger partial charge is 0.307 e. The Bertz CT molecular complexity index is 947. The number of carboxylic acid groups (broad SMARTS) is 1. The average molecular weight is 455 g/mol. The number of aliphatic carboxylic acids is 1. The molecule has 9 heteroatoms. The third kappa shape index (κ3) is 6.47. The van der Waals surface area contributed by atoms with Crippen LogP contribution in [0.5, 0.6) is 5.88 Å². The number of nitrogens with one attached hydrogen (secondary N) is 2. The number of carboxylic acids is 1. The van der Waals surface area contributed by atoms with Crippen molar-refractivity contribution >= 4 is 5.97 Å². The maximum atomic E-state index is 12.0. The summed E-state index contributed by atoms with van der Waals surface area (Å²) in [5.74, 6) is 0.0337. The van der Waals surface area contributed by atoms with Crippen LogP contribution >= 0.6 is 0 Å². The van der Waals surface area contributed by atoms with Gasteiger partial charge in [0.05, 0.1) is 5.92 Å². The molecule has 3 rings (SSSR count). The Morgan fingerprint density at radius 3 is 2.64 bits per heavy atom. The van der Waals surface area contributed by atoms with Crippen LogP contribution in [0, 0.1) is 11.8 Å². The van der Waals surface area contributed by atoms with Gasteiger partial charge in [-0.15, -0.1) is 10.2 Å². The first-order valence-corrected chi connectivity index (χ1v) is 11.6. The van der Waals surface area contributed by atoms with E-state index in [0.717, 1.165) is 36.3 Å². The summed E-state index contributed by atoms with van der Waals surface area (Å²) < 4.78 is 6.11. The molecule has 1 aliphatic rings. The number of rotatable bonds is 11. The average Bonchev–Trinajstić information content (AvgIpc) is 3.51. The number of aromatic nitrogens is 5. The number of aromatic amines is 1. The number of allylic oxidation sites excluding steroid dienone is 2. The lowest BCUT2D eigenvalue weighted by Crippen LogP contribution is -2.26. The molecule has 0 amide bonds. The highest BCUT2D eigenvalue weighted by molar-refractivity contribution is 5.71. The largest absolute Gasteiger partial charge is 0.481 e. The van der Waals surface area contributed by atoms with Crippen molar-refractivity contribution < 1.29 is 14.6 Å². The van der Waals surface area contributed by atoms with Crippen molar-refractivity contribution in [3.8, 4) is 5.88 Å². The molecule has 0 saturated carbocycles. The van der Waals surface area contributed by atoms with E-state index in [1.165, 1.54) is 0 Å². The molecule has 33 heavy (non-hydrogen) atoms. The third-order valence-electron chi connectivity index (χ3n) is 5.98. The second kappa shape index (κ2) is 11.7. The van der Waals surface area contributed by atoms with Crippen LogP contribution in [0.3, 0.4) is 0 Å². The summed E-state index contributed by atoms with van der Waals surface area (Å²) in [4.78, 5) is 16.5. The zero-order valence-electron chi connectivity index (χ0n) is 19.8. The molecule has 1 saturated heterocycles. The van der Waals surface area contributed by atoms with Gasteiger partial charge in [-0.25, -0.2) is 4.98 Å². The number of pyridine rings is 1. The second-order valence-electron chi connectivity index (χ2n) is 8.81. The summed E-state index contributed by atoms with van der Waals surface area (Å²) in [6, 6.07) is 4.03. The first-order valence-electron chi connectivity index (χ1n) is 11.6. The van der Waals surface area contributed by atoms with Crippen LogP contribution in [0.25, 0.3) is 0 Å². The monoisotopic (exact) mass is 454 g/mol. The van der Waals surface area contributed by atoms with Gasteiger partial charge in [0.25, 0.3) is 0 Å². The second-order valence-corrected chi connectivity index (χ2v) is 8.81. The van der Waals surface area contributed by atoms with Gasteiger partial charge in [0, 0.05) is 29.8 Å². The molecule has 0 aliphatic carbocycles. The van der Waals surface area contributed by atoms with Crippen LogP contribution in [0.1, 0.15) is 64.3 Å². The minimum atomic E-state index is -0.858. The quantitative estimate of drug-likeness (QED) is 0.347. The molecule has 3 N–H and O–H groups in total. The van der Waals surface area contributed by atoms with E-state index in [1.807, 2.05) is 45.9 Å². The van der Waals surface area contributed by atoms with Crippen LogP contribution in [0.2, 0.25) is 0 Å². The van der Waals surface area contributed by atoms with Crippen molar-refractivity contribution in [2.45, 2.75) is 65.3 Å². The van der Waals surface area contributed by atoms with Gasteiger partial charge < -0.3 is 15.2 Å². The minimum Gasteiger partial charge on any atom is -0.481 e. The molecule has 2 aromatic rings. The molecule has 0 aromatic carbocycles. The summed E-state index contributed by atoms with van der Waals surface area (Å²) in [6.45, 7) is 9.01. The van der Waals surface area contributed by atoms with Crippen molar-refractivity contribution in [3.05, 3.63) is 53.2 Å². The lowest BCUT2D eigenvalue weighted by Gasteiger charge is -2.23. The minimum absolute atomic E-state index is 0.226. The first kappa shape index (κ1) is 24.6. The van der Waals surface area contributed by atoms with E-state index in [0.29, 0.717) is 30.6 Å². The Morgan fingerprint density at radius 2 is 2.12 bits per heavy atom. The molecule has 3 atom stereocenters. The number of hydrogen-bond acceptors (Lipinski definition) is 7. The zero-order valence-corrected chi connectivity index (χ0v) is 19.8. The van der Waals surface area contributed by atoms with Crippen LogP contribution < -0.4 is 10.1 Å². The van der Waals surface area contributed by atoms with Gasteiger partial charge in [0.15, 0.2) is 5.82 Å². The summed E-state index contributed by atoms with van der Waals surface area (Å²) in [6.07, 6.45) is 8.98. The Kier molecular flexibility index (Phi) is 8.71. The maximum Gasteiger partial charge on any atom is 0.307 e. The van der Waals surface area contributed by atoms with Gasteiger partial charge in [-0.2, -0.15) is 5.21 Å². The van der Waals surface area contributed by atoms with Crippen molar-refractivity contribution in [1.82, 2.24) is 30.9 Å². The first-order chi connectivity index (χ1) is 15.9. The van der Waals surface area contributed by atoms with Gasteiger partial charge >= 0.3 is 5.97 Å².